The van der Waals surface area contributed by atoms with Gasteiger partial charge in [0, 0.05) is 33.4 Å². The van der Waals surface area contributed by atoms with Crippen molar-refractivity contribution < 1.29 is 14.3 Å². The van der Waals surface area contributed by atoms with Gasteiger partial charge in [0.05, 0.1) is 30.8 Å². The number of hydrogen-bond donors (Lipinski definition) is 1. The third kappa shape index (κ3) is 4.68. The van der Waals surface area contributed by atoms with Crippen molar-refractivity contribution in [3.8, 4) is 17.6 Å². The number of Topliss-reactive ketones (excluding diaryl/α,β-unsaturated/α-hetero) is 1. The number of carbonyl (C=O) groups is 1. The minimum absolute atomic E-state index is 0.0212. The van der Waals surface area contributed by atoms with Crippen molar-refractivity contribution in [2.75, 3.05) is 18.1 Å². The predicted octanol–water partition coefficient (Wildman–Crippen LogP) is 6.19. The molecule has 7 heteroatoms. The summed E-state index contributed by atoms with van der Waals surface area (Å²) in [7, 11) is 0. The van der Waals surface area contributed by atoms with Gasteiger partial charge in [-0.05, 0) is 68.1 Å². The Morgan fingerprint density at radius 3 is 2.43 bits per heavy atom. The van der Waals surface area contributed by atoms with Gasteiger partial charge in [-0.1, -0.05) is 29.8 Å². The molecule has 0 amide bonds. The molecule has 0 radical (unpaired) electrons. The Kier molecular flexibility index (Phi) is 6.95. The molecule has 2 aromatic rings. The van der Waals surface area contributed by atoms with E-state index < -0.39 is 5.92 Å². The topological polar surface area (TPSA) is 88.6 Å². The van der Waals surface area contributed by atoms with Gasteiger partial charge < -0.3 is 15.2 Å². The number of carbonyl (C=O) groups excluding carboxylic acids is 1. The summed E-state index contributed by atoms with van der Waals surface area (Å²) in [6, 6.07) is 15.6. The van der Waals surface area contributed by atoms with E-state index in [0.717, 1.165) is 15.9 Å². The van der Waals surface area contributed by atoms with Gasteiger partial charge in [-0.25, -0.2) is 0 Å². The van der Waals surface area contributed by atoms with Gasteiger partial charge in [0.25, 0.3) is 0 Å². The van der Waals surface area contributed by atoms with E-state index in [-0.39, 0.29) is 11.2 Å². The van der Waals surface area contributed by atoms with Crippen LogP contribution in [0, 0.1) is 16.7 Å². The molecule has 4 rings (SSSR count). The second kappa shape index (κ2) is 9.79. The van der Waals surface area contributed by atoms with Crippen molar-refractivity contribution in [1.82, 2.24) is 0 Å². The highest BCUT2D eigenvalue weighted by Crippen LogP contribution is 2.52. The minimum atomic E-state index is -0.632. The standard InChI is InChI=1S/C28H30BrN3O3/c1-5-34-19-11-12-24(35-6-2)20(13-19)25-21(16-30)27(31)32(18-9-7-17(29)8-10-18)22-14-28(3,4)15-23(33)26(22)25/h7-13,25H,5-6,14-15,31H2,1-4H3. The molecule has 0 fully saturated rings. The zero-order valence-corrected chi connectivity index (χ0v) is 22.1. The zero-order chi connectivity index (χ0) is 25.3. The van der Waals surface area contributed by atoms with Crippen LogP contribution in [0.2, 0.25) is 0 Å². The highest BCUT2D eigenvalue weighted by atomic mass is 79.9. The summed E-state index contributed by atoms with van der Waals surface area (Å²) in [4.78, 5) is 15.6. The van der Waals surface area contributed by atoms with Gasteiger partial charge in [0.1, 0.15) is 17.3 Å². The van der Waals surface area contributed by atoms with E-state index in [1.165, 1.54) is 0 Å². The first-order valence-corrected chi connectivity index (χ1v) is 12.6. The number of nitriles is 1. The third-order valence-electron chi connectivity index (χ3n) is 6.37. The first-order valence-electron chi connectivity index (χ1n) is 11.8. The SMILES string of the molecule is CCOc1ccc(OCC)c(C2C(C#N)=C(N)N(c3ccc(Br)cc3)C3=C2C(=O)CC(C)(C)C3)c1. The number of ether oxygens (including phenoxy) is 2. The number of ketones is 1. The molecule has 0 aromatic heterocycles. The Morgan fingerprint density at radius 1 is 1.11 bits per heavy atom. The third-order valence-corrected chi connectivity index (χ3v) is 6.90. The summed E-state index contributed by atoms with van der Waals surface area (Å²) in [5, 5.41) is 10.3. The Hall–Kier alpha value is -3.24. The molecule has 0 bridgehead atoms. The molecule has 35 heavy (non-hydrogen) atoms. The quantitative estimate of drug-likeness (QED) is 0.474. The molecule has 1 heterocycles. The number of benzene rings is 2. The van der Waals surface area contributed by atoms with Crippen LogP contribution in [0.1, 0.15) is 52.0 Å². The van der Waals surface area contributed by atoms with E-state index in [1.807, 2.05) is 61.2 Å². The molecule has 0 saturated heterocycles. The monoisotopic (exact) mass is 535 g/mol. The molecule has 1 atom stereocenters. The van der Waals surface area contributed by atoms with E-state index in [9.17, 15) is 10.1 Å². The lowest BCUT2D eigenvalue weighted by Crippen LogP contribution is -2.42. The maximum Gasteiger partial charge on any atom is 0.162 e. The average molecular weight is 536 g/mol. The zero-order valence-electron chi connectivity index (χ0n) is 20.5. The van der Waals surface area contributed by atoms with Crippen molar-refractivity contribution in [3.05, 3.63) is 75.2 Å². The van der Waals surface area contributed by atoms with E-state index in [1.54, 1.807) is 0 Å². The van der Waals surface area contributed by atoms with Crippen molar-refractivity contribution in [2.45, 2.75) is 46.5 Å². The highest BCUT2D eigenvalue weighted by molar-refractivity contribution is 9.10. The van der Waals surface area contributed by atoms with Crippen molar-refractivity contribution >= 4 is 27.4 Å². The lowest BCUT2D eigenvalue weighted by atomic mass is 9.68. The van der Waals surface area contributed by atoms with Crippen LogP contribution in [0.3, 0.4) is 0 Å². The molecule has 1 aliphatic heterocycles. The van der Waals surface area contributed by atoms with Crippen LogP contribution in [-0.2, 0) is 4.79 Å². The largest absolute Gasteiger partial charge is 0.494 e. The van der Waals surface area contributed by atoms with Gasteiger partial charge in [0.15, 0.2) is 5.78 Å². The van der Waals surface area contributed by atoms with Crippen LogP contribution in [0.4, 0.5) is 5.69 Å². The number of halogens is 1. The lowest BCUT2D eigenvalue weighted by Gasteiger charge is -2.44. The molecule has 2 N–H and O–H groups in total. The van der Waals surface area contributed by atoms with Crippen LogP contribution in [0.25, 0.3) is 0 Å². The number of hydrogen-bond acceptors (Lipinski definition) is 6. The van der Waals surface area contributed by atoms with Crippen LogP contribution >= 0.6 is 15.9 Å². The van der Waals surface area contributed by atoms with Gasteiger partial charge in [0.2, 0.25) is 0 Å². The number of anilines is 1. The number of nitrogens with zero attached hydrogens (tertiary/aromatic N) is 2. The second-order valence-corrected chi connectivity index (χ2v) is 10.4. The Balaban J connectivity index is 2.01. The first-order chi connectivity index (χ1) is 16.7. The number of rotatable bonds is 6. The van der Waals surface area contributed by atoms with E-state index in [2.05, 4.69) is 35.8 Å². The lowest BCUT2D eigenvalue weighted by molar-refractivity contribution is -0.118. The maximum absolute atomic E-state index is 13.8. The molecule has 182 valence electrons. The van der Waals surface area contributed by atoms with Gasteiger partial charge in [-0.2, -0.15) is 5.26 Å². The summed E-state index contributed by atoms with van der Waals surface area (Å²) in [5.74, 6) is 0.986. The fourth-order valence-electron chi connectivity index (χ4n) is 5.00. The smallest absolute Gasteiger partial charge is 0.162 e. The fraction of sp³-hybridized carbons (Fsp3) is 0.357. The normalized spacial score (nSPS) is 19.4. The van der Waals surface area contributed by atoms with Crippen LogP contribution in [-0.4, -0.2) is 19.0 Å². The van der Waals surface area contributed by atoms with Crippen molar-refractivity contribution in [1.29, 1.82) is 5.26 Å². The molecule has 1 unspecified atom stereocenters. The fourth-order valence-corrected chi connectivity index (χ4v) is 5.26. The second-order valence-electron chi connectivity index (χ2n) is 9.52. The summed E-state index contributed by atoms with van der Waals surface area (Å²) in [5.41, 5.74) is 9.79. The van der Waals surface area contributed by atoms with Crippen LogP contribution in [0.5, 0.6) is 11.5 Å². The minimum Gasteiger partial charge on any atom is -0.494 e. The predicted molar refractivity (Wildman–Crippen MR) is 140 cm³/mol. The van der Waals surface area contributed by atoms with Crippen LogP contribution < -0.4 is 20.1 Å². The molecular weight excluding hydrogens is 506 g/mol. The molecule has 0 saturated carbocycles. The highest BCUT2D eigenvalue weighted by Gasteiger charge is 2.45. The van der Waals surface area contributed by atoms with Gasteiger partial charge >= 0.3 is 0 Å². The Morgan fingerprint density at radius 2 is 1.80 bits per heavy atom. The van der Waals surface area contributed by atoms with E-state index >= 15 is 0 Å². The Bertz CT molecular complexity index is 1260. The maximum atomic E-state index is 13.8. The van der Waals surface area contributed by atoms with E-state index in [0.29, 0.717) is 60.1 Å². The molecule has 1 aliphatic carbocycles. The molecule has 2 aliphatic rings. The molecular formula is C28H30BrN3O3. The summed E-state index contributed by atoms with van der Waals surface area (Å²) in [6.07, 6.45) is 1.04. The van der Waals surface area contributed by atoms with Crippen LogP contribution in [0.15, 0.2) is 69.6 Å². The molecule has 6 nitrogen and oxygen atoms in total. The number of allylic oxidation sites excluding steroid dienone is 3. The molecule has 0 spiro atoms. The summed E-state index contributed by atoms with van der Waals surface area (Å²) >= 11 is 3.48. The van der Waals surface area contributed by atoms with Gasteiger partial charge in [-0.15, -0.1) is 0 Å². The van der Waals surface area contributed by atoms with Gasteiger partial charge in [-0.3, -0.25) is 9.69 Å². The number of nitrogens with two attached hydrogens (primary N) is 1. The van der Waals surface area contributed by atoms with E-state index in [4.69, 9.17) is 15.2 Å². The Labute approximate surface area is 215 Å². The summed E-state index contributed by atoms with van der Waals surface area (Å²) < 4.78 is 12.6. The average Bonchev–Trinajstić information content (AvgIpc) is 2.80. The first kappa shape index (κ1) is 24.9. The molecule has 2 aromatic carbocycles. The summed E-state index contributed by atoms with van der Waals surface area (Å²) in [6.45, 7) is 8.95. The van der Waals surface area contributed by atoms with Crippen molar-refractivity contribution in [2.24, 2.45) is 11.1 Å². The van der Waals surface area contributed by atoms with Crippen molar-refractivity contribution in [3.63, 3.8) is 0 Å².